The molecule has 1 saturated heterocycles. The zero-order chi connectivity index (χ0) is 11.4. The number of aryl methyl sites for hydroxylation is 1. The predicted octanol–water partition coefficient (Wildman–Crippen LogP) is 2.76. The van der Waals surface area contributed by atoms with Gasteiger partial charge in [0.05, 0.1) is 5.25 Å². The number of amides is 1. The van der Waals surface area contributed by atoms with Crippen LogP contribution in [0.4, 0.5) is 0 Å². The van der Waals surface area contributed by atoms with E-state index in [1.807, 2.05) is 6.07 Å². The summed E-state index contributed by atoms with van der Waals surface area (Å²) >= 11 is 1.69. The minimum absolute atomic E-state index is 0.0873. The number of hydrogen-bond donors (Lipinski definition) is 1. The van der Waals surface area contributed by atoms with Gasteiger partial charge in [-0.3, -0.25) is 4.79 Å². The molecule has 1 aromatic rings. The van der Waals surface area contributed by atoms with Gasteiger partial charge in [-0.2, -0.15) is 0 Å². The predicted molar refractivity (Wildman–Crippen MR) is 67.7 cm³/mol. The van der Waals surface area contributed by atoms with E-state index in [1.54, 1.807) is 11.8 Å². The standard InChI is InChI=1S/C13H17NOS/c1-10-5-4-6-11(9-10)16-12-7-2-3-8-14-13(12)15/h4-6,9,12H,2-3,7-8H2,1H3,(H,14,15). The fourth-order valence-electron chi connectivity index (χ4n) is 1.88. The van der Waals surface area contributed by atoms with Gasteiger partial charge in [0.15, 0.2) is 0 Å². The van der Waals surface area contributed by atoms with Gasteiger partial charge in [-0.1, -0.05) is 24.1 Å². The summed E-state index contributed by atoms with van der Waals surface area (Å²) in [5.74, 6) is 0.198. The molecule has 1 fully saturated rings. The summed E-state index contributed by atoms with van der Waals surface area (Å²) in [6.07, 6.45) is 3.24. The van der Waals surface area contributed by atoms with Crippen molar-refractivity contribution in [2.24, 2.45) is 0 Å². The molecule has 1 atom stereocenters. The number of thioether (sulfide) groups is 1. The summed E-state index contributed by atoms with van der Waals surface area (Å²) in [6, 6.07) is 8.35. The van der Waals surface area contributed by atoms with Gasteiger partial charge >= 0.3 is 0 Å². The first-order chi connectivity index (χ1) is 7.75. The van der Waals surface area contributed by atoms with Crippen LogP contribution in [-0.2, 0) is 4.79 Å². The van der Waals surface area contributed by atoms with Crippen molar-refractivity contribution >= 4 is 17.7 Å². The Kier molecular flexibility index (Phi) is 3.88. The van der Waals surface area contributed by atoms with E-state index in [4.69, 9.17) is 0 Å². The van der Waals surface area contributed by atoms with E-state index in [1.165, 1.54) is 10.5 Å². The minimum atomic E-state index is 0.0873. The summed E-state index contributed by atoms with van der Waals surface area (Å²) in [6.45, 7) is 2.92. The molecule has 86 valence electrons. The number of hydrogen-bond acceptors (Lipinski definition) is 2. The van der Waals surface area contributed by atoms with E-state index in [-0.39, 0.29) is 11.2 Å². The van der Waals surface area contributed by atoms with Gasteiger partial charge in [-0.15, -0.1) is 11.8 Å². The third-order valence-corrected chi connectivity index (χ3v) is 4.01. The summed E-state index contributed by atoms with van der Waals surface area (Å²) in [4.78, 5) is 13.0. The van der Waals surface area contributed by atoms with E-state index in [2.05, 4.69) is 30.4 Å². The molecule has 3 heteroatoms. The SMILES string of the molecule is Cc1cccc(SC2CCCCNC2=O)c1. The average Bonchev–Trinajstić information content (AvgIpc) is 2.45. The van der Waals surface area contributed by atoms with Gasteiger partial charge in [0, 0.05) is 11.4 Å². The number of carbonyl (C=O) groups excluding carboxylic acids is 1. The maximum Gasteiger partial charge on any atom is 0.233 e. The second-order valence-electron chi connectivity index (χ2n) is 4.21. The first-order valence-corrected chi connectivity index (χ1v) is 6.65. The summed E-state index contributed by atoms with van der Waals surface area (Å²) in [5.41, 5.74) is 1.25. The minimum Gasteiger partial charge on any atom is -0.355 e. The topological polar surface area (TPSA) is 29.1 Å². The molecular weight excluding hydrogens is 218 g/mol. The molecule has 1 N–H and O–H groups in total. The first kappa shape index (κ1) is 11.5. The van der Waals surface area contributed by atoms with Crippen molar-refractivity contribution in [1.82, 2.24) is 5.32 Å². The van der Waals surface area contributed by atoms with Gasteiger partial charge < -0.3 is 5.32 Å². The lowest BCUT2D eigenvalue weighted by molar-refractivity contribution is -0.120. The number of nitrogens with one attached hydrogen (secondary N) is 1. The van der Waals surface area contributed by atoms with Crippen LogP contribution in [0.15, 0.2) is 29.2 Å². The smallest absolute Gasteiger partial charge is 0.233 e. The molecule has 0 saturated carbocycles. The molecule has 0 aliphatic carbocycles. The maximum atomic E-state index is 11.8. The van der Waals surface area contributed by atoms with Crippen LogP contribution in [0.3, 0.4) is 0 Å². The second kappa shape index (κ2) is 5.39. The largest absolute Gasteiger partial charge is 0.355 e. The lowest BCUT2D eigenvalue weighted by atomic mass is 10.2. The Morgan fingerprint density at radius 2 is 2.25 bits per heavy atom. The van der Waals surface area contributed by atoms with Crippen molar-refractivity contribution in [3.05, 3.63) is 29.8 Å². The van der Waals surface area contributed by atoms with Crippen LogP contribution in [-0.4, -0.2) is 17.7 Å². The van der Waals surface area contributed by atoms with E-state index in [0.717, 1.165) is 25.8 Å². The Morgan fingerprint density at radius 1 is 1.38 bits per heavy atom. The van der Waals surface area contributed by atoms with Gasteiger partial charge in [0.1, 0.15) is 0 Å². The van der Waals surface area contributed by atoms with Crippen LogP contribution in [0, 0.1) is 6.92 Å². The molecule has 1 unspecified atom stereocenters. The van der Waals surface area contributed by atoms with E-state index < -0.39 is 0 Å². The quantitative estimate of drug-likeness (QED) is 0.854. The summed E-state index contributed by atoms with van der Waals surface area (Å²) in [7, 11) is 0. The van der Waals surface area contributed by atoms with Crippen LogP contribution in [0.2, 0.25) is 0 Å². The van der Waals surface area contributed by atoms with Crippen LogP contribution in [0.1, 0.15) is 24.8 Å². The highest BCUT2D eigenvalue weighted by molar-refractivity contribution is 8.00. The van der Waals surface area contributed by atoms with Crippen molar-refractivity contribution < 1.29 is 4.79 Å². The third-order valence-electron chi connectivity index (χ3n) is 2.75. The van der Waals surface area contributed by atoms with Crippen LogP contribution in [0.5, 0.6) is 0 Å². The van der Waals surface area contributed by atoms with E-state index in [9.17, 15) is 4.79 Å². The Bertz CT molecular complexity index is 378. The molecule has 1 amide bonds. The Hall–Kier alpha value is -0.960. The van der Waals surface area contributed by atoms with Gasteiger partial charge in [0.2, 0.25) is 5.91 Å². The highest BCUT2D eigenvalue weighted by atomic mass is 32.2. The Morgan fingerprint density at radius 3 is 3.06 bits per heavy atom. The highest BCUT2D eigenvalue weighted by Gasteiger charge is 2.21. The summed E-state index contributed by atoms with van der Waals surface area (Å²) in [5, 5.41) is 3.06. The van der Waals surface area contributed by atoms with Crippen molar-refractivity contribution in [2.75, 3.05) is 6.54 Å². The fourth-order valence-corrected chi connectivity index (χ4v) is 3.09. The molecule has 1 heterocycles. The molecule has 0 spiro atoms. The number of benzene rings is 1. The monoisotopic (exact) mass is 235 g/mol. The van der Waals surface area contributed by atoms with E-state index in [0.29, 0.717) is 0 Å². The molecule has 0 aromatic heterocycles. The molecule has 0 radical (unpaired) electrons. The van der Waals surface area contributed by atoms with Crippen molar-refractivity contribution in [3.8, 4) is 0 Å². The maximum absolute atomic E-state index is 11.8. The normalized spacial score (nSPS) is 21.3. The van der Waals surface area contributed by atoms with Crippen molar-refractivity contribution in [2.45, 2.75) is 36.3 Å². The molecule has 2 nitrogen and oxygen atoms in total. The van der Waals surface area contributed by atoms with Crippen LogP contribution >= 0.6 is 11.8 Å². The van der Waals surface area contributed by atoms with Crippen LogP contribution in [0.25, 0.3) is 0 Å². The molecule has 0 bridgehead atoms. The lowest BCUT2D eigenvalue weighted by Crippen LogP contribution is -2.30. The Balaban J connectivity index is 2.05. The van der Waals surface area contributed by atoms with Gasteiger partial charge in [0.25, 0.3) is 0 Å². The van der Waals surface area contributed by atoms with Gasteiger partial charge in [-0.05, 0) is 31.9 Å². The van der Waals surface area contributed by atoms with E-state index >= 15 is 0 Å². The van der Waals surface area contributed by atoms with Crippen LogP contribution < -0.4 is 5.32 Å². The van der Waals surface area contributed by atoms with Gasteiger partial charge in [-0.25, -0.2) is 0 Å². The van der Waals surface area contributed by atoms with Crippen molar-refractivity contribution in [3.63, 3.8) is 0 Å². The molecule has 1 aromatic carbocycles. The number of rotatable bonds is 2. The average molecular weight is 235 g/mol. The fraction of sp³-hybridized carbons (Fsp3) is 0.462. The lowest BCUT2D eigenvalue weighted by Gasteiger charge is -2.12. The molecule has 16 heavy (non-hydrogen) atoms. The molecule has 1 aliphatic heterocycles. The Labute approximate surface area is 101 Å². The second-order valence-corrected chi connectivity index (χ2v) is 5.49. The zero-order valence-corrected chi connectivity index (χ0v) is 10.3. The van der Waals surface area contributed by atoms with Crippen molar-refractivity contribution in [1.29, 1.82) is 0 Å². The number of carbonyl (C=O) groups is 1. The highest BCUT2D eigenvalue weighted by Crippen LogP contribution is 2.28. The zero-order valence-electron chi connectivity index (χ0n) is 9.53. The first-order valence-electron chi connectivity index (χ1n) is 5.77. The molecule has 1 aliphatic rings. The third kappa shape index (κ3) is 3.01. The summed E-state index contributed by atoms with van der Waals surface area (Å²) < 4.78 is 0. The molecule has 2 rings (SSSR count). The molecular formula is C13H17NOS.